The van der Waals surface area contributed by atoms with E-state index in [0.717, 1.165) is 0 Å². The maximum atomic E-state index is 12.7. The predicted molar refractivity (Wildman–Crippen MR) is 94.3 cm³/mol. The Bertz CT molecular complexity index is 1000. The standard InChI is InChI=1S/C16H17N5O3S/c1-11-15(10-19-21(11)16-5-3-4-8-18-16)25(22,23)20-12-6-7-14(24-2)13(17)9-12/h3-10,20H,17H2,1-2H3. The molecule has 3 aromatic rings. The molecule has 0 atom stereocenters. The van der Waals surface area contributed by atoms with Crippen LogP contribution in [0.15, 0.2) is 53.7 Å². The lowest BCUT2D eigenvalue weighted by Gasteiger charge is -2.10. The van der Waals surface area contributed by atoms with E-state index >= 15 is 0 Å². The van der Waals surface area contributed by atoms with Crippen molar-refractivity contribution in [2.75, 3.05) is 17.6 Å². The number of rotatable bonds is 5. The fraction of sp³-hybridized carbons (Fsp3) is 0.125. The van der Waals surface area contributed by atoms with Crippen LogP contribution in [0.1, 0.15) is 5.69 Å². The van der Waals surface area contributed by atoms with Crippen LogP contribution in [0.3, 0.4) is 0 Å². The minimum Gasteiger partial charge on any atom is -0.495 e. The van der Waals surface area contributed by atoms with Crippen LogP contribution in [0.5, 0.6) is 5.75 Å². The van der Waals surface area contributed by atoms with Crippen molar-refractivity contribution in [3.05, 3.63) is 54.5 Å². The second kappa shape index (κ2) is 6.44. The van der Waals surface area contributed by atoms with Crippen molar-refractivity contribution < 1.29 is 13.2 Å². The fourth-order valence-electron chi connectivity index (χ4n) is 2.38. The van der Waals surface area contributed by atoms with Crippen LogP contribution < -0.4 is 15.2 Å². The van der Waals surface area contributed by atoms with Crippen LogP contribution in [0.2, 0.25) is 0 Å². The van der Waals surface area contributed by atoms with Crippen LogP contribution in [-0.4, -0.2) is 30.3 Å². The third-order valence-corrected chi connectivity index (χ3v) is 5.09. The van der Waals surface area contributed by atoms with Crippen LogP contribution in [0, 0.1) is 6.92 Å². The lowest BCUT2D eigenvalue weighted by molar-refractivity contribution is 0.417. The Balaban J connectivity index is 1.93. The largest absolute Gasteiger partial charge is 0.495 e. The molecule has 0 saturated heterocycles. The maximum absolute atomic E-state index is 12.7. The molecule has 0 amide bonds. The monoisotopic (exact) mass is 359 g/mol. The van der Waals surface area contributed by atoms with Crippen LogP contribution >= 0.6 is 0 Å². The number of sulfonamides is 1. The molecule has 9 heteroatoms. The lowest BCUT2D eigenvalue weighted by Crippen LogP contribution is -2.14. The summed E-state index contributed by atoms with van der Waals surface area (Å²) in [5.41, 5.74) is 6.94. The highest BCUT2D eigenvalue weighted by Gasteiger charge is 2.22. The molecule has 25 heavy (non-hydrogen) atoms. The molecule has 0 aliphatic rings. The summed E-state index contributed by atoms with van der Waals surface area (Å²) >= 11 is 0. The van der Waals surface area contributed by atoms with E-state index in [0.29, 0.717) is 28.6 Å². The van der Waals surface area contributed by atoms with Gasteiger partial charge in [-0.2, -0.15) is 5.10 Å². The number of hydrogen-bond acceptors (Lipinski definition) is 6. The van der Waals surface area contributed by atoms with Crippen molar-refractivity contribution in [1.29, 1.82) is 0 Å². The Morgan fingerprint density at radius 1 is 1.24 bits per heavy atom. The van der Waals surface area contributed by atoms with Gasteiger partial charge in [-0.3, -0.25) is 4.72 Å². The zero-order valence-corrected chi connectivity index (χ0v) is 14.5. The van der Waals surface area contributed by atoms with Crippen molar-refractivity contribution in [3.8, 4) is 11.6 Å². The summed E-state index contributed by atoms with van der Waals surface area (Å²) in [6.45, 7) is 1.67. The summed E-state index contributed by atoms with van der Waals surface area (Å²) in [7, 11) is -2.33. The van der Waals surface area contributed by atoms with Gasteiger partial charge in [0.25, 0.3) is 10.0 Å². The molecule has 0 saturated carbocycles. The molecule has 0 radical (unpaired) electrons. The van der Waals surface area contributed by atoms with Crippen LogP contribution in [-0.2, 0) is 10.0 Å². The van der Waals surface area contributed by atoms with Crippen molar-refractivity contribution >= 4 is 21.4 Å². The first kappa shape index (κ1) is 16.8. The second-order valence-electron chi connectivity index (χ2n) is 5.26. The van der Waals surface area contributed by atoms with Gasteiger partial charge >= 0.3 is 0 Å². The van der Waals surface area contributed by atoms with Gasteiger partial charge < -0.3 is 10.5 Å². The summed E-state index contributed by atoms with van der Waals surface area (Å²) in [4.78, 5) is 4.24. The highest BCUT2D eigenvalue weighted by Crippen LogP contribution is 2.27. The summed E-state index contributed by atoms with van der Waals surface area (Å²) in [5.74, 6) is 1.01. The highest BCUT2D eigenvalue weighted by molar-refractivity contribution is 7.92. The smallest absolute Gasteiger partial charge is 0.265 e. The maximum Gasteiger partial charge on any atom is 0.265 e. The molecular weight excluding hydrogens is 342 g/mol. The molecular formula is C16H17N5O3S. The number of nitrogens with zero attached hydrogens (tertiary/aromatic N) is 3. The molecule has 0 fully saturated rings. The highest BCUT2D eigenvalue weighted by atomic mass is 32.2. The number of nitrogen functional groups attached to an aromatic ring is 1. The van der Waals surface area contributed by atoms with Crippen molar-refractivity contribution in [3.63, 3.8) is 0 Å². The Morgan fingerprint density at radius 3 is 2.68 bits per heavy atom. The second-order valence-corrected chi connectivity index (χ2v) is 6.91. The van der Waals surface area contributed by atoms with E-state index in [2.05, 4.69) is 14.8 Å². The number of hydrogen-bond donors (Lipinski definition) is 2. The lowest BCUT2D eigenvalue weighted by atomic mass is 10.2. The fourth-order valence-corrected chi connectivity index (χ4v) is 3.58. The van der Waals surface area contributed by atoms with Crippen molar-refractivity contribution in [2.24, 2.45) is 0 Å². The first-order valence-electron chi connectivity index (χ1n) is 7.35. The van der Waals surface area contributed by atoms with E-state index in [1.165, 1.54) is 24.1 Å². The summed E-state index contributed by atoms with van der Waals surface area (Å²) < 4.78 is 34.4. The molecule has 0 aliphatic heterocycles. The molecule has 0 aliphatic carbocycles. The Morgan fingerprint density at radius 2 is 2.04 bits per heavy atom. The Kier molecular flexibility index (Phi) is 4.32. The molecule has 0 spiro atoms. The molecule has 8 nitrogen and oxygen atoms in total. The third kappa shape index (κ3) is 3.26. The van der Waals surface area contributed by atoms with Gasteiger partial charge in [0, 0.05) is 6.20 Å². The van der Waals surface area contributed by atoms with Gasteiger partial charge in [0.1, 0.15) is 10.6 Å². The SMILES string of the molecule is COc1ccc(NS(=O)(=O)c2cnn(-c3ccccn3)c2C)cc1N. The minimum absolute atomic E-state index is 0.0625. The van der Waals surface area contributed by atoms with Gasteiger partial charge in [-0.05, 0) is 37.3 Å². The van der Waals surface area contributed by atoms with Crippen LogP contribution in [0.4, 0.5) is 11.4 Å². The topological polar surface area (TPSA) is 112 Å². The summed E-state index contributed by atoms with van der Waals surface area (Å²) in [6.07, 6.45) is 2.90. The van der Waals surface area contributed by atoms with Gasteiger partial charge in [-0.25, -0.2) is 18.1 Å². The van der Waals surface area contributed by atoms with E-state index in [1.54, 1.807) is 43.5 Å². The molecule has 3 rings (SSSR count). The van der Waals surface area contributed by atoms with Crippen molar-refractivity contribution in [2.45, 2.75) is 11.8 Å². The number of nitrogens with two attached hydrogens (primary N) is 1. The molecule has 130 valence electrons. The number of methoxy groups -OCH3 is 1. The first-order valence-corrected chi connectivity index (χ1v) is 8.83. The van der Waals surface area contributed by atoms with Gasteiger partial charge in [-0.15, -0.1) is 0 Å². The zero-order valence-electron chi connectivity index (χ0n) is 13.7. The van der Waals surface area contributed by atoms with Crippen molar-refractivity contribution in [1.82, 2.24) is 14.8 Å². The number of nitrogens with one attached hydrogen (secondary N) is 1. The molecule has 2 heterocycles. The number of aromatic nitrogens is 3. The zero-order chi connectivity index (χ0) is 18.0. The number of benzene rings is 1. The predicted octanol–water partition coefficient (Wildman–Crippen LogP) is 1.97. The summed E-state index contributed by atoms with van der Waals surface area (Å²) in [5, 5.41) is 4.13. The van der Waals surface area contributed by atoms with E-state index in [-0.39, 0.29) is 4.90 Å². The first-order chi connectivity index (χ1) is 11.9. The minimum atomic E-state index is -3.82. The average Bonchev–Trinajstić information content (AvgIpc) is 2.98. The molecule has 3 N–H and O–H groups in total. The quantitative estimate of drug-likeness (QED) is 0.674. The van der Waals surface area contributed by atoms with Gasteiger partial charge in [0.15, 0.2) is 5.82 Å². The van der Waals surface area contributed by atoms with E-state index in [4.69, 9.17) is 10.5 Å². The number of ether oxygens (including phenoxy) is 1. The van der Waals surface area contributed by atoms with E-state index in [9.17, 15) is 8.42 Å². The third-order valence-electron chi connectivity index (χ3n) is 3.60. The van der Waals surface area contributed by atoms with Gasteiger partial charge in [0.05, 0.1) is 30.4 Å². The van der Waals surface area contributed by atoms with Gasteiger partial charge in [-0.1, -0.05) is 6.07 Å². The normalized spacial score (nSPS) is 11.3. The molecule has 1 aromatic carbocycles. The van der Waals surface area contributed by atoms with E-state index < -0.39 is 10.0 Å². The van der Waals surface area contributed by atoms with Crippen LogP contribution in [0.25, 0.3) is 5.82 Å². The average molecular weight is 359 g/mol. The number of pyridine rings is 1. The molecule has 2 aromatic heterocycles. The van der Waals surface area contributed by atoms with Gasteiger partial charge in [0.2, 0.25) is 0 Å². The number of anilines is 2. The molecule has 0 unspecified atom stereocenters. The Labute approximate surface area is 145 Å². The Hall–Kier alpha value is -3.07. The van der Waals surface area contributed by atoms with E-state index in [1.807, 2.05) is 0 Å². The molecule has 0 bridgehead atoms. The summed E-state index contributed by atoms with van der Waals surface area (Å²) in [6, 6.07) is 9.98.